The maximum Gasteiger partial charge on any atom is 0.329 e. The monoisotopic (exact) mass is 1090 g/mol. The van der Waals surface area contributed by atoms with E-state index in [1.54, 1.807) is 41.1 Å². The molecule has 16 heteroatoms. The fourth-order valence-electron chi connectivity index (χ4n) is 11.3. The molecule has 78 heavy (non-hydrogen) atoms. The molecule has 2 saturated heterocycles. The first-order chi connectivity index (χ1) is 37.3. The van der Waals surface area contributed by atoms with E-state index in [0.717, 1.165) is 36.8 Å². The number of ether oxygens (including phenoxy) is 5. The van der Waals surface area contributed by atoms with Crippen molar-refractivity contribution in [2.45, 2.75) is 205 Å². The van der Waals surface area contributed by atoms with Crippen LogP contribution in [-0.4, -0.2) is 137 Å². The molecule has 0 spiro atoms. The van der Waals surface area contributed by atoms with Gasteiger partial charge < -0.3 is 54.5 Å². The lowest BCUT2D eigenvalue weighted by molar-refractivity contribution is -0.265. The summed E-state index contributed by atoms with van der Waals surface area (Å²) in [6.07, 6.45) is 18.8. The molecule has 1 aromatic rings. The highest BCUT2D eigenvalue weighted by Gasteiger charge is 2.53. The number of oxime groups is 1. The Hall–Kier alpha value is -4.83. The molecule has 4 aliphatic rings. The summed E-state index contributed by atoms with van der Waals surface area (Å²) < 4.78 is 30.8. The first-order valence-corrected chi connectivity index (χ1v) is 28.5. The van der Waals surface area contributed by atoms with E-state index in [0.29, 0.717) is 75.7 Å². The summed E-state index contributed by atoms with van der Waals surface area (Å²) in [5.74, 6) is -5.15. The number of ketones is 2. The number of rotatable bonds is 13. The largest absolute Gasteiger partial charge is 0.459 e. The van der Waals surface area contributed by atoms with Gasteiger partial charge in [0.15, 0.2) is 5.78 Å². The molecule has 16 nitrogen and oxygen atoms in total. The molecule has 5 N–H and O–H groups in total. The van der Waals surface area contributed by atoms with Crippen LogP contribution in [0.5, 0.6) is 0 Å². The summed E-state index contributed by atoms with van der Waals surface area (Å²) >= 11 is 0. The van der Waals surface area contributed by atoms with Crippen LogP contribution in [-0.2, 0) is 54.3 Å². The maximum absolute atomic E-state index is 14.9. The van der Waals surface area contributed by atoms with Gasteiger partial charge in [0.05, 0.1) is 30.1 Å². The predicted octanol–water partition coefficient (Wildman–Crippen LogP) is 8.05. The maximum atomic E-state index is 14.9. The number of nitrogens with two attached hydrogens (primary N) is 1. The van der Waals surface area contributed by atoms with E-state index in [9.17, 15) is 34.5 Å². The zero-order valence-corrected chi connectivity index (χ0v) is 47.6. The van der Waals surface area contributed by atoms with Gasteiger partial charge in [-0.1, -0.05) is 99.6 Å². The molecule has 15 atom stereocenters. The second-order valence-corrected chi connectivity index (χ2v) is 22.4. The van der Waals surface area contributed by atoms with Crippen molar-refractivity contribution in [3.63, 3.8) is 0 Å². The molecule has 3 heterocycles. The molecule has 3 aliphatic heterocycles. The highest BCUT2D eigenvalue weighted by molar-refractivity contribution is 6.39. The molecule has 0 unspecified atom stereocenters. The van der Waals surface area contributed by atoms with E-state index in [1.807, 2.05) is 81.5 Å². The van der Waals surface area contributed by atoms with Gasteiger partial charge in [-0.25, -0.2) is 4.79 Å². The van der Waals surface area contributed by atoms with E-state index in [4.69, 9.17) is 40.7 Å². The van der Waals surface area contributed by atoms with E-state index >= 15 is 0 Å². The summed E-state index contributed by atoms with van der Waals surface area (Å²) in [4.78, 5) is 64.8. The Kier molecular flexibility index (Phi) is 26.1. The highest BCUT2D eigenvalue weighted by Crippen LogP contribution is 2.37. The number of esters is 1. The number of aliphatic hydroxyl groups is 3. The summed E-state index contributed by atoms with van der Waals surface area (Å²) in [5, 5.41) is 39.7. The van der Waals surface area contributed by atoms with Crippen LogP contribution in [0.3, 0.4) is 0 Å². The number of fused-ring (bicyclic) bond motifs is 3. The molecule has 0 radical (unpaired) electrons. The van der Waals surface area contributed by atoms with Crippen LogP contribution in [0, 0.1) is 41.9 Å². The van der Waals surface area contributed by atoms with Crippen molar-refractivity contribution in [1.82, 2.24) is 4.90 Å². The molecule has 1 aliphatic carbocycles. The van der Waals surface area contributed by atoms with Gasteiger partial charge in [-0.05, 0) is 119 Å². The molecule has 5 rings (SSSR count). The SMILES string of the molecule is C#CCCCCO[C@@H]1CC[C@@H](C[C@@H](N)[C@@H]2C/C(=N/OCc3ccccc3)[C@H](C)/C=C(\C)[C@@H](O)[C@@H](O)C(=O)[C@H](C)C[C@H](C)/C=C/C=C/C=C(\C)[C@@H](OC)C[C@@H]3CC[C@@H](C)[C@@](O)(O3)C(=O)C(=O)N3CCCC[C@H]3C(=O)O2)C[C@H]1OC. The van der Waals surface area contributed by atoms with Crippen molar-refractivity contribution in [3.05, 3.63) is 83.5 Å². The molecule has 432 valence electrons. The second-order valence-electron chi connectivity index (χ2n) is 22.4. The van der Waals surface area contributed by atoms with Crippen molar-refractivity contribution in [1.29, 1.82) is 0 Å². The Morgan fingerprint density at radius 2 is 1.64 bits per heavy atom. The van der Waals surface area contributed by atoms with Crippen molar-refractivity contribution in [2.75, 3.05) is 27.4 Å². The third-order valence-corrected chi connectivity index (χ3v) is 16.3. The topological polar surface area (TPSA) is 226 Å². The summed E-state index contributed by atoms with van der Waals surface area (Å²) in [6, 6.07) is 7.48. The fourth-order valence-corrected chi connectivity index (χ4v) is 11.3. The lowest BCUT2D eigenvalue weighted by Crippen LogP contribution is -2.61. The van der Waals surface area contributed by atoms with Crippen LogP contribution < -0.4 is 5.73 Å². The van der Waals surface area contributed by atoms with E-state index < -0.39 is 89.6 Å². The van der Waals surface area contributed by atoms with Crippen LogP contribution in [0.4, 0.5) is 0 Å². The molecular weight excluding hydrogens is 995 g/mol. The number of nitrogens with zero attached hydrogens (tertiary/aromatic N) is 2. The molecule has 3 fully saturated rings. The molecule has 2 bridgehead atoms. The normalized spacial score (nSPS) is 36.0. The number of Topliss-reactive ketones (excluding diaryl/α,β-unsaturated/α-hetero) is 2. The number of carbonyl (C=O) groups excluding carboxylic acids is 4. The van der Waals surface area contributed by atoms with Gasteiger partial charge in [0.2, 0.25) is 5.79 Å². The van der Waals surface area contributed by atoms with E-state index in [-0.39, 0.29) is 50.0 Å². The first kappa shape index (κ1) is 64.0. The molecule has 1 saturated carbocycles. The zero-order valence-electron chi connectivity index (χ0n) is 47.6. The zero-order chi connectivity index (χ0) is 56.9. The van der Waals surface area contributed by atoms with Crippen molar-refractivity contribution in [3.8, 4) is 12.3 Å². The quantitative estimate of drug-likeness (QED) is 0.0366. The minimum Gasteiger partial charge on any atom is -0.459 e. The third kappa shape index (κ3) is 18.4. The molecule has 1 aromatic carbocycles. The average Bonchev–Trinajstić information content (AvgIpc) is 3.55. The standard InChI is InChI=1S/C62H91N3O13/c1-10-11-12-21-32-75-52-30-28-47(36-55(52)74-9)35-49(63)54-38-50(64-76-39-46-24-17-14-18-25-46)42(4)34-44(6)57(67)58(68)56(66)43(5)33-40(2)22-15-13-16-23-41(3)53(73-8)37-48-29-27-45(7)62(72,78-48)59(69)60(70)65-31-20-19-26-51(65)61(71)77-54/h1,13-18,22-25,34,40,42-43,45,47-49,51-55,57-58,67-68,72H,11-12,19-21,26-33,35-39,63H2,2-9H3/b16-13+,22-15+,41-23+,44-34+,64-50-/t40-,42-,43-,45-,47+,48+,49-,51+,52-,53+,54+,55-,57-,58+,62-/m1/s1. The lowest BCUT2D eigenvalue weighted by Gasteiger charge is -2.42. The van der Waals surface area contributed by atoms with Crippen LogP contribution in [0.2, 0.25) is 0 Å². The smallest absolute Gasteiger partial charge is 0.329 e. The van der Waals surface area contributed by atoms with Gasteiger partial charge in [0.25, 0.3) is 11.7 Å². The highest BCUT2D eigenvalue weighted by atomic mass is 16.6. The number of piperidine rings is 1. The Bertz CT molecular complexity index is 2290. The summed E-state index contributed by atoms with van der Waals surface area (Å²) in [5.41, 5.74) is 9.64. The van der Waals surface area contributed by atoms with Crippen molar-refractivity contribution < 1.29 is 63.0 Å². The number of terminal acetylenes is 1. The van der Waals surface area contributed by atoms with Crippen LogP contribution >= 0.6 is 0 Å². The Balaban J connectivity index is 1.53. The van der Waals surface area contributed by atoms with Crippen molar-refractivity contribution in [2.24, 2.45) is 40.5 Å². The van der Waals surface area contributed by atoms with Crippen LogP contribution in [0.15, 0.2) is 83.1 Å². The number of benzene rings is 1. The van der Waals surface area contributed by atoms with Gasteiger partial charge in [-0.3, -0.25) is 14.4 Å². The van der Waals surface area contributed by atoms with Gasteiger partial charge in [-0.15, -0.1) is 12.3 Å². The number of hydrogen-bond donors (Lipinski definition) is 4. The number of aliphatic hydroxyl groups excluding tert-OH is 2. The molecular formula is C62H91N3O13. The Morgan fingerprint density at radius 1 is 0.885 bits per heavy atom. The predicted molar refractivity (Wildman–Crippen MR) is 299 cm³/mol. The summed E-state index contributed by atoms with van der Waals surface area (Å²) in [6.45, 7) is 11.5. The number of cyclic esters (lactones) is 1. The van der Waals surface area contributed by atoms with Gasteiger partial charge >= 0.3 is 5.97 Å². The summed E-state index contributed by atoms with van der Waals surface area (Å²) in [7, 11) is 3.24. The van der Waals surface area contributed by atoms with Crippen LogP contribution in [0.1, 0.15) is 143 Å². The minimum absolute atomic E-state index is 0.0457. The number of carbonyl (C=O) groups is 4. The number of unbranched alkanes of at least 4 members (excludes halogenated alkanes) is 2. The van der Waals surface area contributed by atoms with Gasteiger partial charge in [0.1, 0.15) is 31.0 Å². The average molecular weight is 1090 g/mol. The van der Waals surface area contributed by atoms with E-state index in [2.05, 4.69) is 11.1 Å². The number of methoxy groups -OCH3 is 2. The van der Waals surface area contributed by atoms with Gasteiger partial charge in [-0.2, -0.15) is 0 Å². The lowest BCUT2D eigenvalue weighted by atomic mass is 9.80. The molecule has 0 aromatic heterocycles. The minimum atomic E-state index is -2.46. The van der Waals surface area contributed by atoms with Crippen molar-refractivity contribution >= 4 is 29.2 Å². The molecule has 1 amide bonds. The number of amides is 1. The van der Waals surface area contributed by atoms with Crippen LogP contribution in [0.25, 0.3) is 0 Å². The number of allylic oxidation sites excluding steroid dienone is 6. The van der Waals surface area contributed by atoms with E-state index in [1.165, 1.54) is 4.90 Å². The fraction of sp³-hybridized carbons (Fsp3) is 0.661. The Morgan fingerprint density at radius 3 is 2.36 bits per heavy atom. The second kappa shape index (κ2) is 31.8. The van der Waals surface area contributed by atoms with Gasteiger partial charge in [0, 0.05) is 70.4 Å². The Labute approximate surface area is 464 Å². The first-order valence-electron chi connectivity index (χ1n) is 28.5. The third-order valence-electron chi connectivity index (χ3n) is 16.3. The number of hydrogen-bond acceptors (Lipinski definition) is 15.